The Morgan fingerprint density at radius 2 is 2.15 bits per heavy atom. The van der Waals surface area contributed by atoms with Gasteiger partial charge >= 0.3 is 0 Å². The fourth-order valence-electron chi connectivity index (χ4n) is 2.72. The Kier molecular flexibility index (Phi) is 5.07. The van der Waals surface area contributed by atoms with Crippen LogP contribution in [0.5, 0.6) is 0 Å². The number of nitrogens with two attached hydrogens (primary N) is 1. The molecule has 7 nitrogen and oxygen atoms in total. The Balaban J connectivity index is 1.81. The lowest BCUT2D eigenvalue weighted by molar-refractivity contribution is -0.109. The van der Waals surface area contributed by atoms with Crippen molar-refractivity contribution in [1.29, 1.82) is 0 Å². The predicted molar refractivity (Wildman–Crippen MR) is 101 cm³/mol. The predicted octanol–water partition coefficient (Wildman–Crippen LogP) is 2.38. The number of amidine groups is 1. The third-order valence-electron chi connectivity index (χ3n) is 3.86. The number of pyridine rings is 1. The van der Waals surface area contributed by atoms with E-state index < -0.39 is 0 Å². The molecule has 0 unspecified atom stereocenters. The zero-order valence-corrected chi connectivity index (χ0v) is 14.3. The highest BCUT2D eigenvalue weighted by Crippen LogP contribution is 2.27. The van der Waals surface area contributed by atoms with Crippen LogP contribution < -0.4 is 16.4 Å². The fraction of sp³-hybridized carbons (Fsp3) is 0.158. The minimum absolute atomic E-state index is 0.270. The first kappa shape index (κ1) is 17.3. The van der Waals surface area contributed by atoms with Crippen molar-refractivity contribution in [3.05, 3.63) is 58.9 Å². The number of aliphatic imine (C=N–C) groups is 1. The van der Waals surface area contributed by atoms with E-state index in [-0.39, 0.29) is 5.91 Å². The van der Waals surface area contributed by atoms with E-state index in [1.165, 1.54) is 0 Å². The summed E-state index contributed by atoms with van der Waals surface area (Å²) in [4.78, 5) is 31.4. The second kappa shape index (κ2) is 7.60. The number of carbonyl (C=O) groups excluding carboxylic acids is 2. The Labute approximate surface area is 151 Å². The second-order valence-electron chi connectivity index (χ2n) is 6.08. The van der Waals surface area contributed by atoms with Crippen LogP contribution in [-0.4, -0.2) is 23.1 Å². The molecule has 1 aliphatic heterocycles. The number of hydrogen-bond donors (Lipinski definition) is 3. The highest BCUT2D eigenvalue weighted by atomic mass is 16.1. The Morgan fingerprint density at radius 1 is 1.31 bits per heavy atom. The SMILES string of the molecule is CC1=Cc2ccc(C(=O)Nc3cncc(CNC=O)c3)cc2N=C(N)C1. The van der Waals surface area contributed by atoms with Crippen LogP contribution in [-0.2, 0) is 11.3 Å². The third kappa shape index (κ3) is 4.13. The van der Waals surface area contributed by atoms with Gasteiger partial charge in [0.2, 0.25) is 6.41 Å². The average Bonchev–Trinajstić information content (AvgIpc) is 2.75. The van der Waals surface area contributed by atoms with E-state index in [1.807, 2.05) is 19.1 Å². The van der Waals surface area contributed by atoms with Gasteiger partial charge in [-0.2, -0.15) is 0 Å². The Hall–Kier alpha value is -3.48. The minimum atomic E-state index is -0.270. The van der Waals surface area contributed by atoms with E-state index in [0.29, 0.717) is 42.1 Å². The van der Waals surface area contributed by atoms with Crippen molar-refractivity contribution in [3.8, 4) is 0 Å². The number of rotatable bonds is 5. The quantitative estimate of drug-likeness (QED) is 0.720. The van der Waals surface area contributed by atoms with Crippen molar-refractivity contribution in [2.75, 3.05) is 5.32 Å². The number of nitrogens with zero attached hydrogens (tertiary/aromatic N) is 2. The number of benzene rings is 1. The van der Waals surface area contributed by atoms with Gasteiger partial charge in [-0.1, -0.05) is 17.7 Å². The normalized spacial score (nSPS) is 13.0. The molecule has 4 N–H and O–H groups in total. The molecule has 0 radical (unpaired) electrons. The molecule has 7 heteroatoms. The molecule has 0 saturated carbocycles. The fourth-order valence-corrected chi connectivity index (χ4v) is 2.72. The van der Waals surface area contributed by atoms with E-state index in [0.717, 1.165) is 16.7 Å². The molecular weight excluding hydrogens is 330 g/mol. The summed E-state index contributed by atoms with van der Waals surface area (Å²) in [5, 5.41) is 5.36. The number of amides is 2. The van der Waals surface area contributed by atoms with Gasteiger partial charge < -0.3 is 16.4 Å². The number of fused-ring (bicyclic) bond motifs is 1. The number of aromatic nitrogens is 1. The van der Waals surface area contributed by atoms with Crippen LogP contribution in [0.1, 0.15) is 34.8 Å². The topological polar surface area (TPSA) is 109 Å². The van der Waals surface area contributed by atoms with Crippen molar-refractivity contribution >= 4 is 35.6 Å². The van der Waals surface area contributed by atoms with Crippen molar-refractivity contribution in [2.45, 2.75) is 19.9 Å². The van der Waals surface area contributed by atoms with Crippen molar-refractivity contribution in [1.82, 2.24) is 10.3 Å². The van der Waals surface area contributed by atoms with Crippen LogP contribution in [0.3, 0.4) is 0 Å². The van der Waals surface area contributed by atoms with Gasteiger partial charge in [0, 0.05) is 30.3 Å². The standard InChI is InChI=1S/C19H19N5O2/c1-12-4-14-2-3-15(7-17(14)24-18(20)5-12)19(26)23-16-6-13(8-21-10-16)9-22-11-25/h2-4,6-8,10-11H,5,9H2,1H3,(H2,20,24)(H,22,25)(H,23,26). The Bertz CT molecular complexity index is 918. The molecule has 2 aromatic rings. The largest absolute Gasteiger partial charge is 0.387 e. The summed E-state index contributed by atoms with van der Waals surface area (Å²) < 4.78 is 0. The van der Waals surface area contributed by atoms with Crippen LogP contribution in [0, 0.1) is 0 Å². The van der Waals surface area contributed by atoms with Crippen molar-refractivity contribution < 1.29 is 9.59 Å². The molecule has 2 amide bonds. The van der Waals surface area contributed by atoms with Gasteiger partial charge in [0.05, 0.1) is 17.6 Å². The number of carbonyl (C=O) groups is 2. The Morgan fingerprint density at radius 3 is 2.96 bits per heavy atom. The first-order valence-electron chi connectivity index (χ1n) is 8.12. The highest BCUT2D eigenvalue weighted by Gasteiger charge is 2.12. The van der Waals surface area contributed by atoms with Crippen LogP contribution in [0.25, 0.3) is 6.08 Å². The first-order valence-corrected chi connectivity index (χ1v) is 8.12. The summed E-state index contributed by atoms with van der Waals surface area (Å²) in [5.41, 5.74) is 10.5. The van der Waals surface area contributed by atoms with Crippen LogP contribution >= 0.6 is 0 Å². The summed E-state index contributed by atoms with van der Waals surface area (Å²) >= 11 is 0. The lowest BCUT2D eigenvalue weighted by Crippen LogP contribution is -2.14. The molecule has 0 atom stereocenters. The van der Waals surface area contributed by atoms with E-state index >= 15 is 0 Å². The molecule has 0 bridgehead atoms. The number of hydrogen-bond acceptors (Lipinski definition) is 5. The highest BCUT2D eigenvalue weighted by molar-refractivity contribution is 6.05. The minimum Gasteiger partial charge on any atom is -0.387 e. The third-order valence-corrected chi connectivity index (χ3v) is 3.86. The van der Waals surface area contributed by atoms with Gasteiger partial charge in [0.1, 0.15) is 5.84 Å². The first-order chi connectivity index (χ1) is 12.5. The monoisotopic (exact) mass is 349 g/mol. The number of anilines is 1. The maximum Gasteiger partial charge on any atom is 0.255 e. The van der Waals surface area contributed by atoms with Gasteiger partial charge in [-0.05, 0) is 30.7 Å². The van der Waals surface area contributed by atoms with E-state index in [9.17, 15) is 9.59 Å². The van der Waals surface area contributed by atoms with Crippen molar-refractivity contribution in [2.24, 2.45) is 10.7 Å². The maximum absolute atomic E-state index is 12.6. The summed E-state index contributed by atoms with van der Waals surface area (Å²) in [6, 6.07) is 7.09. The molecule has 0 fully saturated rings. The lowest BCUT2D eigenvalue weighted by Gasteiger charge is -2.08. The van der Waals surface area contributed by atoms with Crippen LogP contribution in [0.2, 0.25) is 0 Å². The molecule has 1 aromatic carbocycles. The molecule has 1 aliphatic rings. The van der Waals surface area contributed by atoms with Gasteiger partial charge in [-0.15, -0.1) is 0 Å². The van der Waals surface area contributed by atoms with Crippen LogP contribution in [0.15, 0.2) is 47.2 Å². The lowest BCUT2D eigenvalue weighted by atomic mass is 10.1. The molecule has 2 heterocycles. The molecule has 132 valence electrons. The molecule has 0 spiro atoms. The van der Waals surface area contributed by atoms with E-state index in [2.05, 4.69) is 20.6 Å². The van der Waals surface area contributed by atoms with Gasteiger partial charge in [0.15, 0.2) is 0 Å². The molecule has 0 aliphatic carbocycles. The van der Waals surface area contributed by atoms with Gasteiger partial charge in [-0.25, -0.2) is 4.99 Å². The summed E-state index contributed by atoms with van der Waals surface area (Å²) in [5.74, 6) is 0.253. The molecule has 0 saturated heterocycles. The van der Waals surface area contributed by atoms with Crippen molar-refractivity contribution in [3.63, 3.8) is 0 Å². The second-order valence-corrected chi connectivity index (χ2v) is 6.08. The van der Waals surface area contributed by atoms with E-state index in [4.69, 9.17) is 5.73 Å². The van der Waals surface area contributed by atoms with Gasteiger partial charge in [-0.3, -0.25) is 14.6 Å². The van der Waals surface area contributed by atoms with Crippen LogP contribution in [0.4, 0.5) is 11.4 Å². The number of nitrogens with one attached hydrogen (secondary N) is 2. The molecule has 3 rings (SSSR count). The summed E-state index contributed by atoms with van der Waals surface area (Å²) in [6.45, 7) is 2.34. The summed E-state index contributed by atoms with van der Waals surface area (Å²) in [7, 11) is 0. The zero-order valence-electron chi connectivity index (χ0n) is 14.3. The zero-order chi connectivity index (χ0) is 18.5. The smallest absolute Gasteiger partial charge is 0.255 e. The van der Waals surface area contributed by atoms with Gasteiger partial charge in [0.25, 0.3) is 5.91 Å². The average molecular weight is 349 g/mol. The summed E-state index contributed by atoms with van der Waals surface area (Å²) in [6.07, 6.45) is 6.43. The molecule has 26 heavy (non-hydrogen) atoms. The molecule has 1 aromatic heterocycles. The van der Waals surface area contributed by atoms with E-state index in [1.54, 1.807) is 30.6 Å². The molecular formula is C19H19N5O2. The maximum atomic E-state index is 12.6.